The number of rotatable bonds is 10. The zero-order chi connectivity index (χ0) is 24.2. The molecular formula is C28H32N2O4S. The summed E-state index contributed by atoms with van der Waals surface area (Å²) in [5.74, 6) is 2.96. The molecule has 2 aliphatic rings. The first-order valence-electron chi connectivity index (χ1n) is 12.3. The lowest BCUT2D eigenvalue weighted by Gasteiger charge is -2.38. The fraction of sp³-hybridized carbons (Fsp3) is 0.393. The highest BCUT2D eigenvalue weighted by molar-refractivity contribution is 7.12. The highest BCUT2D eigenvalue weighted by Crippen LogP contribution is 2.51. The van der Waals surface area contributed by atoms with Crippen LogP contribution in [-0.2, 0) is 0 Å². The summed E-state index contributed by atoms with van der Waals surface area (Å²) in [5.41, 5.74) is 3.13. The molecule has 3 heterocycles. The molecule has 0 bridgehead atoms. The van der Waals surface area contributed by atoms with Gasteiger partial charge in [0, 0.05) is 17.5 Å². The standard InChI is InChI=1S/C28H32N2O4S/c1-4-5-6-7-15-33-23-14-13-19(17-25(23)32-3)28-30-22(18-21(29-30)26-12-9-16-35-26)20-10-8-11-24(31-2)27(20)34-28/h8-14,16-17,22,28H,4-7,15,18H2,1-3H3. The van der Waals surface area contributed by atoms with E-state index in [1.807, 2.05) is 30.3 Å². The van der Waals surface area contributed by atoms with Gasteiger partial charge in [-0.15, -0.1) is 11.3 Å². The van der Waals surface area contributed by atoms with Crippen molar-refractivity contribution in [1.82, 2.24) is 5.01 Å². The molecular weight excluding hydrogens is 460 g/mol. The third-order valence-electron chi connectivity index (χ3n) is 6.53. The number of nitrogens with zero attached hydrogens (tertiary/aromatic N) is 2. The Morgan fingerprint density at radius 1 is 1.00 bits per heavy atom. The number of benzene rings is 2. The zero-order valence-electron chi connectivity index (χ0n) is 20.5. The molecule has 1 aromatic heterocycles. The molecule has 35 heavy (non-hydrogen) atoms. The van der Waals surface area contributed by atoms with E-state index >= 15 is 0 Å². The van der Waals surface area contributed by atoms with Crippen LogP contribution in [0.25, 0.3) is 0 Å². The van der Waals surface area contributed by atoms with Crippen LogP contribution >= 0.6 is 11.3 Å². The lowest BCUT2D eigenvalue weighted by Crippen LogP contribution is -2.33. The minimum absolute atomic E-state index is 0.0661. The summed E-state index contributed by atoms with van der Waals surface area (Å²) in [5, 5.41) is 9.21. The molecule has 0 radical (unpaired) electrons. The van der Waals surface area contributed by atoms with Gasteiger partial charge in [-0.25, -0.2) is 5.01 Å². The van der Waals surface area contributed by atoms with Crippen LogP contribution < -0.4 is 18.9 Å². The van der Waals surface area contributed by atoms with Gasteiger partial charge in [-0.3, -0.25) is 0 Å². The highest BCUT2D eigenvalue weighted by atomic mass is 32.1. The third kappa shape index (κ3) is 4.69. The van der Waals surface area contributed by atoms with E-state index in [9.17, 15) is 0 Å². The number of unbranched alkanes of at least 4 members (excludes halogenated alkanes) is 3. The zero-order valence-corrected chi connectivity index (χ0v) is 21.3. The molecule has 184 valence electrons. The van der Waals surface area contributed by atoms with Gasteiger partial charge >= 0.3 is 0 Å². The largest absolute Gasteiger partial charge is 0.493 e. The number of hydrogen-bond acceptors (Lipinski definition) is 7. The Bertz CT molecular complexity index is 1180. The van der Waals surface area contributed by atoms with Crippen LogP contribution in [0.3, 0.4) is 0 Å². The van der Waals surface area contributed by atoms with Crippen molar-refractivity contribution in [2.45, 2.75) is 51.3 Å². The summed E-state index contributed by atoms with van der Waals surface area (Å²) in [4.78, 5) is 1.19. The van der Waals surface area contributed by atoms with E-state index < -0.39 is 6.23 Å². The van der Waals surface area contributed by atoms with Crippen molar-refractivity contribution >= 4 is 17.0 Å². The Kier molecular flexibility index (Phi) is 7.13. The van der Waals surface area contributed by atoms with Gasteiger partial charge in [0.05, 0.1) is 37.5 Å². The van der Waals surface area contributed by atoms with Gasteiger partial charge in [0.2, 0.25) is 6.23 Å². The predicted molar refractivity (Wildman–Crippen MR) is 139 cm³/mol. The van der Waals surface area contributed by atoms with Crippen molar-refractivity contribution in [3.63, 3.8) is 0 Å². The summed E-state index contributed by atoms with van der Waals surface area (Å²) in [6.45, 7) is 2.89. The molecule has 5 rings (SSSR count). The topological polar surface area (TPSA) is 52.5 Å². The SMILES string of the molecule is CCCCCCOc1ccc(C2Oc3c(OC)cccc3C3CC(c4cccs4)=NN32)cc1OC. The van der Waals surface area contributed by atoms with Crippen molar-refractivity contribution in [3.8, 4) is 23.0 Å². The second-order valence-electron chi connectivity index (χ2n) is 8.79. The second kappa shape index (κ2) is 10.6. The van der Waals surface area contributed by atoms with E-state index in [2.05, 4.69) is 35.5 Å². The number of fused-ring (bicyclic) bond motifs is 3. The van der Waals surface area contributed by atoms with Crippen LogP contribution in [0.2, 0.25) is 0 Å². The molecule has 0 spiro atoms. The Hall–Kier alpha value is -3.19. The van der Waals surface area contributed by atoms with Gasteiger partial charge in [0.25, 0.3) is 0 Å². The second-order valence-corrected chi connectivity index (χ2v) is 9.74. The Balaban J connectivity index is 1.47. The van der Waals surface area contributed by atoms with E-state index in [-0.39, 0.29) is 6.04 Å². The lowest BCUT2D eigenvalue weighted by atomic mass is 9.97. The maximum atomic E-state index is 6.59. The quantitative estimate of drug-likeness (QED) is 0.286. The van der Waals surface area contributed by atoms with Crippen LogP contribution in [0.15, 0.2) is 59.0 Å². The maximum absolute atomic E-state index is 6.59. The number of ether oxygens (including phenoxy) is 4. The van der Waals surface area contributed by atoms with Crippen LogP contribution in [0, 0.1) is 0 Å². The van der Waals surface area contributed by atoms with Crippen molar-refractivity contribution < 1.29 is 18.9 Å². The predicted octanol–water partition coefficient (Wildman–Crippen LogP) is 6.97. The summed E-state index contributed by atoms with van der Waals surface area (Å²) in [6, 6.07) is 16.3. The molecule has 0 N–H and O–H groups in total. The van der Waals surface area contributed by atoms with Gasteiger partial charge < -0.3 is 18.9 Å². The number of para-hydroxylation sites is 1. The summed E-state index contributed by atoms with van der Waals surface area (Å²) in [6.07, 6.45) is 5.06. The maximum Gasteiger partial charge on any atom is 0.214 e. The normalized spacial score (nSPS) is 18.4. The van der Waals surface area contributed by atoms with Crippen molar-refractivity contribution in [3.05, 3.63) is 69.9 Å². The van der Waals surface area contributed by atoms with Crippen LogP contribution in [-0.4, -0.2) is 31.5 Å². The van der Waals surface area contributed by atoms with Crippen LogP contribution in [0.4, 0.5) is 0 Å². The van der Waals surface area contributed by atoms with Gasteiger partial charge in [-0.2, -0.15) is 5.10 Å². The third-order valence-corrected chi connectivity index (χ3v) is 7.45. The van der Waals surface area contributed by atoms with E-state index in [0.717, 1.165) is 46.9 Å². The van der Waals surface area contributed by atoms with Crippen molar-refractivity contribution in [2.24, 2.45) is 5.10 Å². The number of hydrogen-bond donors (Lipinski definition) is 0. The molecule has 7 heteroatoms. The van der Waals surface area contributed by atoms with E-state index in [1.54, 1.807) is 25.6 Å². The van der Waals surface area contributed by atoms with Gasteiger partial charge in [-0.05, 0) is 42.1 Å². The summed E-state index contributed by atoms with van der Waals surface area (Å²) in [7, 11) is 3.35. The van der Waals surface area contributed by atoms with Crippen LogP contribution in [0.1, 0.15) is 67.3 Å². The molecule has 3 aromatic rings. The molecule has 2 aromatic carbocycles. The molecule has 2 unspecified atom stereocenters. The first-order valence-corrected chi connectivity index (χ1v) is 13.2. The molecule has 0 fully saturated rings. The fourth-order valence-corrected chi connectivity index (χ4v) is 5.45. The fourth-order valence-electron chi connectivity index (χ4n) is 4.72. The number of methoxy groups -OCH3 is 2. The molecule has 0 aliphatic carbocycles. The molecule has 6 nitrogen and oxygen atoms in total. The monoisotopic (exact) mass is 492 g/mol. The average molecular weight is 493 g/mol. The minimum atomic E-state index is -0.409. The van der Waals surface area contributed by atoms with Crippen molar-refractivity contribution in [2.75, 3.05) is 20.8 Å². The summed E-state index contributed by atoms with van der Waals surface area (Å²) >= 11 is 1.71. The molecule has 0 saturated carbocycles. The minimum Gasteiger partial charge on any atom is -0.493 e. The molecule has 0 amide bonds. The van der Waals surface area contributed by atoms with Gasteiger partial charge in [0.15, 0.2) is 23.0 Å². The number of thiophene rings is 1. The molecule has 2 aliphatic heterocycles. The molecule has 0 saturated heterocycles. The van der Waals surface area contributed by atoms with E-state index in [4.69, 9.17) is 24.0 Å². The van der Waals surface area contributed by atoms with Crippen molar-refractivity contribution in [1.29, 1.82) is 0 Å². The smallest absolute Gasteiger partial charge is 0.214 e. The Morgan fingerprint density at radius 2 is 1.89 bits per heavy atom. The first-order chi connectivity index (χ1) is 17.2. The lowest BCUT2D eigenvalue weighted by molar-refractivity contribution is -0.0210. The molecule has 2 atom stereocenters. The first kappa shape index (κ1) is 23.5. The van der Waals surface area contributed by atoms with Gasteiger partial charge in [0.1, 0.15) is 0 Å². The van der Waals surface area contributed by atoms with E-state index in [0.29, 0.717) is 12.4 Å². The number of hydrazone groups is 1. The average Bonchev–Trinajstić information content (AvgIpc) is 3.58. The Labute approximate surface area is 211 Å². The summed E-state index contributed by atoms with van der Waals surface area (Å²) < 4.78 is 24.0. The highest BCUT2D eigenvalue weighted by Gasteiger charge is 2.42. The van der Waals surface area contributed by atoms with Gasteiger partial charge in [-0.1, -0.05) is 44.4 Å². The Morgan fingerprint density at radius 3 is 2.66 bits per heavy atom. The van der Waals surface area contributed by atoms with E-state index in [1.165, 1.54) is 24.1 Å². The van der Waals surface area contributed by atoms with Crippen LogP contribution in [0.5, 0.6) is 23.0 Å².